The molecule has 0 saturated carbocycles. The molecule has 0 bridgehead atoms. The lowest BCUT2D eigenvalue weighted by Crippen LogP contribution is -2.07. The predicted molar refractivity (Wildman–Crippen MR) is 75.0 cm³/mol. The van der Waals surface area contributed by atoms with Crippen LogP contribution in [-0.2, 0) is 11.3 Å². The fraction of sp³-hybridized carbons (Fsp3) is 0.312. The number of hydrogen-bond acceptors (Lipinski definition) is 4. The molecule has 20 heavy (non-hydrogen) atoms. The van der Waals surface area contributed by atoms with Gasteiger partial charge in [0.1, 0.15) is 29.4 Å². The van der Waals surface area contributed by atoms with Gasteiger partial charge < -0.3 is 13.9 Å². The number of ether oxygens (including phenoxy) is 2. The minimum Gasteiger partial charge on any atom is -0.497 e. The molecule has 0 spiro atoms. The number of rotatable bonds is 4. The minimum atomic E-state index is -0.354. The molecule has 1 heterocycles. The molecule has 0 N–H and O–H groups in total. The molecule has 0 unspecified atom stereocenters. The van der Waals surface area contributed by atoms with Crippen molar-refractivity contribution in [1.29, 1.82) is 0 Å². The van der Waals surface area contributed by atoms with Crippen molar-refractivity contribution in [1.82, 2.24) is 0 Å². The van der Waals surface area contributed by atoms with E-state index >= 15 is 0 Å². The van der Waals surface area contributed by atoms with Crippen LogP contribution in [0, 0.1) is 20.8 Å². The summed E-state index contributed by atoms with van der Waals surface area (Å²) in [6.45, 7) is 5.69. The lowest BCUT2D eigenvalue weighted by molar-refractivity contribution is 0.0470. The monoisotopic (exact) mass is 274 g/mol. The summed E-state index contributed by atoms with van der Waals surface area (Å²) in [6.07, 6.45) is 0. The highest BCUT2D eigenvalue weighted by molar-refractivity contribution is 5.92. The van der Waals surface area contributed by atoms with Gasteiger partial charge in [0.05, 0.1) is 7.11 Å². The number of carbonyl (C=O) groups is 1. The van der Waals surface area contributed by atoms with E-state index in [1.807, 2.05) is 38.1 Å². The van der Waals surface area contributed by atoms with Crippen LogP contribution in [0.5, 0.6) is 5.75 Å². The molecule has 2 rings (SSSR count). The second-order valence-electron chi connectivity index (χ2n) is 4.64. The molecule has 106 valence electrons. The lowest BCUT2D eigenvalue weighted by atomic mass is 10.1. The second-order valence-corrected chi connectivity index (χ2v) is 4.64. The molecule has 0 aliphatic rings. The minimum absolute atomic E-state index is 0.228. The molecule has 4 nitrogen and oxygen atoms in total. The number of esters is 1. The van der Waals surface area contributed by atoms with Gasteiger partial charge in [-0.2, -0.15) is 0 Å². The van der Waals surface area contributed by atoms with Crippen molar-refractivity contribution in [2.75, 3.05) is 7.11 Å². The molecule has 0 aliphatic carbocycles. The summed E-state index contributed by atoms with van der Waals surface area (Å²) in [7, 11) is 1.61. The van der Waals surface area contributed by atoms with Crippen molar-refractivity contribution in [2.45, 2.75) is 27.4 Å². The topological polar surface area (TPSA) is 48.7 Å². The molecule has 0 aliphatic heterocycles. The van der Waals surface area contributed by atoms with Crippen LogP contribution in [0.15, 0.2) is 28.7 Å². The lowest BCUT2D eigenvalue weighted by Gasteiger charge is -2.06. The summed E-state index contributed by atoms with van der Waals surface area (Å²) in [5.74, 6) is 1.77. The van der Waals surface area contributed by atoms with Crippen LogP contribution in [0.4, 0.5) is 0 Å². The Morgan fingerprint density at radius 1 is 1.10 bits per heavy atom. The number of carbonyl (C=O) groups excluding carboxylic acids is 1. The maximum atomic E-state index is 12.1. The van der Waals surface area contributed by atoms with Crippen molar-refractivity contribution in [3.8, 4) is 5.75 Å². The Hall–Kier alpha value is -2.23. The summed E-state index contributed by atoms with van der Waals surface area (Å²) in [5.41, 5.74) is 2.27. The molecule has 0 radical (unpaired) electrons. The molecule has 0 amide bonds. The van der Waals surface area contributed by atoms with Gasteiger partial charge in [-0.1, -0.05) is 12.1 Å². The first-order valence-electron chi connectivity index (χ1n) is 6.39. The Morgan fingerprint density at radius 3 is 2.25 bits per heavy atom. The van der Waals surface area contributed by atoms with E-state index in [0.29, 0.717) is 11.3 Å². The van der Waals surface area contributed by atoms with Crippen LogP contribution >= 0.6 is 0 Å². The molecular weight excluding hydrogens is 256 g/mol. The summed E-state index contributed by atoms with van der Waals surface area (Å²) < 4.78 is 15.8. The Balaban J connectivity index is 2.04. The van der Waals surface area contributed by atoms with Crippen LogP contribution < -0.4 is 4.74 Å². The largest absolute Gasteiger partial charge is 0.497 e. The first-order chi connectivity index (χ1) is 9.52. The third kappa shape index (κ3) is 2.85. The first kappa shape index (κ1) is 14.2. The van der Waals surface area contributed by atoms with Crippen molar-refractivity contribution >= 4 is 5.97 Å². The van der Waals surface area contributed by atoms with Crippen LogP contribution in [-0.4, -0.2) is 13.1 Å². The van der Waals surface area contributed by atoms with Crippen LogP contribution in [0.2, 0.25) is 0 Å². The Labute approximate surface area is 118 Å². The average Bonchev–Trinajstić information content (AvgIpc) is 2.70. The van der Waals surface area contributed by atoms with E-state index in [2.05, 4.69) is 0 Å². The second kappa shape index (κ2) is 5.82. The molecule has 2 aromatic rings. The van der Waals surface area contributed by atoms with Gasteiger partial charge in [-0.05, 0) is 38.5 Å². The predicted octanol–water partition coefficient (Wildman–Crippen LogP) is 3.57. The van der Waals surface area contributed by atoms with Crippen LogP contribution in [0.3, 0.4) is 0 Å². The van der Waals surface area contributed by atoms with E-state index in [4.69, 9.17) is 13.9 Å². The fourth-order valence-electron chi connectivity index (χ4n) is 2.04. The number of benzene rings is 1. The van der Waals surface area contributed by atoms with E-state index in [0.717, 1.165) is 22.6 Å². The van der Waals surface area contributed by atoms with Crippen molar-refractivity contribution in [3.05, 3.63) is 52.5 Å². The summed E-state index contributed by atoms with van der Waals surface area (Å²) >= 11 is 0. The van der Waals surface area contributed by atoms with Crippen molar-refractivity contribution in [3.63, 3.8) is 0 Å². The van der Waals surface area contributed by atoms with Crippen molar-refractivity contribution in [2.24, 2.45) is 0 Å². The van der Waals surface area contributed by atoms with Gasteiger partial charge in [-0.25, -0.2) is 4.79 Å². The molecular formula is C16H18O4. The highest BCUT2D eigenvalue weighted by Crippen LogP contribution is 2.22. The van der Waals surface area contributed by atoms with Gasteiger partial charge in [-0.3, -0.25) is 0 Å². The van der Waals surface area contributed by atoms with E-state index in [1.165, 1.54) is 0 Å². The maximum absolute atomic E-state index is 12.1. The van der Waals surface area contributed by atoms with E-state index in [9.17, 15) is 4.79 Å². The summed E-state index contributed by atoms with van der Waals surface area (Å²) in [6, 6.07) is 7.40. The molecule has 0 saturated heterocycles. The Bertz CT molecular complexity index is 608. The highest BCUT2D eigenvalue weighted by atomic mass is 16.5. The van der Waals surface area contributed by atoms with Crippen LogP contribution in [0.1, 0.15) is 33.0 Å². The smallest absolute Gasteiger partial charge is 0.342 e. The third-order valence-corrected chi connectivity index (χ3v) is 3.29. The molecule has 1 aromatic heterocycles. The summed E-state index contributed by atoms with van der Waals surface area (Å²) in [5, 5.41) is 0. The average molecular weight is 274 g/mol. The van der Waals surface area contributed by atoms with E-state index < -0.39 is 0 Å². The van der Waals surface area contributed by atoms with Gasteiger partial charge in [0.2, 0.25) is 0 Å². The quantitative estimate of drug-likeness (QED) is 0.800. The van der Waals surface area contributed by atoms with E-state index in [1.54, 1.807) is 14.0 Å². The zero-order valence-corrected chi connectivity index (χ0v) is 12.1. The van der Waals surface area contributed by atoms with Gasteiger partial charge in [0.25, 0.3) is 0 Å². The van der Waals surface area contributed by atoms with Gasteiger partial charge in [0, 0.05) is 5.56 Å². The first-order valence-corrected chi connectivity index (χ1v) is 6.39. The van der Waals surface area contributed by atoms with Crippen LogP contribution in [0.25, 0.3) is 0 Å². The standard InChI is InChI=1S/C16H18O4/c1-10-11(2)20-12(3)15(10)16(17)19-9-13-5-7-14(18-4)8-6-13/h5-8H,9H2,1-4H3. The molecule has 1 aromatic carbocycles. The Morgan fingerprint density at radius 2 is 1.75 bits per heavy atom. The number of aryl methyl sites for hydroxylation is 2. The highest BCUT2D eigenvalue weighted by Gasteiger charge is 2.19. The van der Waals surface area contributed by atoms with Gasteiger partial charge in [0.15, 0.2) is 0 Å². The van der Waals surface area contributed by atoms with E-state index in [-0.39, 0.29) is 12.6 Å². The number of hydrogen-bond donors (Lipinski definition) is 0. The summed E-state index contributed by atoms with van der Waals surface area (Å²) in [4.78, 5) is 12.1. The molecule has 0 atom stereocenters. The molecule has 0 fully saturated rings. The zero-order chi connectivity index (χ0) is 14.7. The molecule has 4 heteroatoms. The maximum Gasteiger partial charge on any atom is 0.342 e. The van der Waals surface area contributed by atoms with Gasteiger partial charge >= 0.3 is 5.97 Å². The SMILES string of the molecule is COc1ccc(COC(=O)c2c(C)oc(C)c2C)cc1. The third-order valence-electron chi connectivity index (χ3n) is 3.29. The zero-order valence-electron chi connectivity index (χ0n) is 12.1. The van der Waals surface area contributed by atoms with Crippen molar-refractivity contribution < 1.29 is 18.7 Å². The fourth-order valence-corrected chi connectivity index (χ4v) is 2.04. The number of furan rings is 1. The Kier molecular flexibility index (Phi) is 4.13. The number of methoxy groups -OCH3 is 1. The normalized spacial score (nSPS) is 10.4. The van der Waals surface area contributed by atoms with Gasteiger partial charge in [-0.15, -0.1) is 0 Å².